The quantitative estimate of drug-likeness (QED) is 0.157. The van der Waals surface area contributed by atoms with Crippen LogP contribution in [0.5, 0.6) is 0 Å². The van der Waals surface area contributed by atoms with Crippen LogP contribution in [0.2, 0.25) is 0 Å². The Balaban J connectivity index is 1.31. The summed E-state index contributed by atoms with van der Waals surface area (Å²) < 4.78 is 0. The predicted molar refractivity (Wildman–Crippen MR) is 241 cm³/mol. The number of hydroxylamine groups is 8. The minimum atomic E-state index is -0.602. The fourth-order valence-corrected chi connectivity index (χ4v) is 12.9. The van der Waals surface area contributed by atoms with Gasteiger partial charge in [0.05, 0.1) is 0 Å². The van der Waals surface area contributed by atoms with Gasteiger partial charge in [0.15, 0.2) is 0 Å². The molecule has 0 bridgehead atoms. The molecule has 0 spiro atoms. The van der Waals surface area contributed by atoms with Crippen molar-refractivity contribution in [1.82, 2.24) is 50.2 Å². The number of anilines is 4. The maximum Gasteiger partial charge on any atom is 0.228 e. The Morgan fingerprint density at radius 2 is 0.500 bits per heavy atom. The highest BCUT2D eigenvalue weighted by Crippen LogP contribution is 2.43. The Morgan fingerprint density at radius 1 is 0.339 bits per heavy atom. The van der Waals surface area contributed by atoms with Crippen molar-refractivity contribution in [3.05, 3.63) is 0 Å². The van der Waals surface area contributed by atoms with Gasteiger partial charge in [-0.1, -0.05) is 0 Å². The summed E-state index contributed by atoms with van der Waals surface area (Å²) in [6.45, 7) is 31.4. The number of nitrogens with one attached hydrogen (secondary N) is 4. The summed E-state index contributed by atoms with van der Waals surface area (Å²) in [5.74, 6) is 1.52. The van der Waals surface area contributed by atoms with Crippen LogP contribution in [-0.4, -0.2) is 119 Å². The first kappa shape index (κ1) is 49.0. The highest BCUT2D eigenvalue weighted by atomic mass is 33.1. The van der Waals surface area contributed by atoms with Crippen molar-refractivity contribution in [3.8, 4) is 0 Å². The van der Waals surface area contributed by atoms with Gasteiger partial charge in [0.1, 0.15) is 0 Å². The van der Waals surface area contributed by atoms with Crippen molar-refractivity contribution >= 4 is 45.4 Å². The van der Waals surface area contributed by atoms with Crippen molar-refractivity contribution in [2.75, 3.05) is 21.3 Å². The van der Waals surface area contributed by atoms with Gasteiger partial charge in [-0.15, -0.1) is 41.1 Å². The lowest BCUT2D eigenvalue weighted by atomic mass is 9.79. The third-order valence-electron chi connectivity index (χ3n) is 13.1. The number of piperidine rings is 4. The lowest BCUT2D eigenvalue weighted by Gasteiger charge is -2.50. The van der Waals surface area contributed by atoms with E-state index in [1.165, 1.54) is 41.8 Å². The van der Waals surface area contributed by atoms with Crippen LogP contribution in [0.1, 0.15) is 162 Å². The van der Waals surface area contributed by atoms with Crippen molar-refractivity contribution in [1.29, 1.82) is 0 Å². The average Bonchev–Trinajstić information content (AvgIpc) is 3.09. The predicted octanol–water partition coefficient (Wildman–Crippen LogP) is 7.97. The molecule has 4 N–H and O–H groups in total. The van der Waals surface area contributed by atoms with Crippen LogP contribution in [0.15, 0.2) is 10.3 Å². The molecule has 6 heterocycles. The Hall–Kier alpha value is -2.40. The molecular weight excluding hydrogens is 829 g/mol. The van der Waals surface area contributed by atoms with Gasteiger partial charge in [-0.05, 0) is 184 Å². The summed E-state index contributed by atoms with van der Waals surface area (Å²) in [4.78, 5) is 29.2. The first-order valence-corrected chi connectivity index (χ1v) is 24.2. The van der Waals surface area contributed by atoms with Gasteiger partial charge in [-0.2, -0.15) is 29.9 Å². The molecule has 4 saturated heterocycles. The summed E-state index contributed by atoms with van der Waals surface area (Å²) in [6, 6.07) is -0.314. The molecule has 2 aromatic heterocycles. The summed E-state index contributed by atoms with van der Waals surface area (Å²) in [7, 11) is 2.58. The van der Waals surface area contributed by atoms with Crippen LogP contribution in [0.3, 0.4) is 0 Å². The normalized spacial score (nSPS) is 26.8. The fourth-order valence-electron chi connectivity index (χ4n) is 11.3. The number of aromatic nitrogens is 6. The number of hydrogen-bond acceptors (Lipinski definition) is 16. The van der Waals surface area contributed by atoms with E-state index in [1.807, 2.05) is 111 Å². The van der Waals surface area contributed by atoms with Gasteiger partial charge < -0.3 is 21.3 Å². The second-order valence-corrected chi connectivity index (χ2v) is 25.4. The molecule has 4 aliphatic heterocycles. The van der Waals surface area contributed by atoms with Crippen molar-refractivity contribution in [2.24, 2.45) is 0 Å². The van der Waals surface area contributed by atoms with E-state index in [1.54, 1.807) is 0 Å². The molecule has 18 nitrogen and oxygen atoms in total. The molecule has 0 aliphatic carbocycles. The Kier molecular flexibility index (Phi) is 13.3. The van der Waals surface area contributed by atoms with Gasteiger partial charge in [0.25, 0.3) is 0 Å². The summed E-state index contributed by atoms with van der Waals surface area (Å²) in [5, 5.41) is 72.7. The van der Waals surface area contributed by atoms with Gasteiger partial charge in [0.2, 0.25) is 34.1 Å². The number of hydrogen-bond donors (Lipinski definition) is 4. The molecule has 6 rings (SSSR count). The molecule has 62 heavy (non-hydrogen) atoms. The Bertz CT molecular complexity index is 1600. The molecule has 0 unspecified atom stereocenters. The van der Waals surface area contributed by atoms with Gasteiger partial charge in [0, 0.05) is 68.5 Å². The molecule has 4 aliphatic rings. The van der Waals surface area contributed by atoms with Crippen LogP contribution < -0.4 is 21.3 Å². The van der Waals surface area contributed by atoms with E-state index in [-0.39, 0.29) is 24.2 Å². The largest absolute Gasteiger partial charge is 0.351 e. The molecule has 4 radical (unpaired) electrons. The molecular formula is C42H72N14O4S2. The molecule has 0 saturated carbocycles. The molecule has 346 valence electrons. The molecule has 0 aromatic carbocycles. The van der Waals surface area contributed by atoms with Crippen LogP contribution in [0.25, 0.3) is 0 Å². The Labute approximate surface area is 377 Å². The standard InChI is InChI=1S/C42H72N14O4S2/c1-35(2)17-25(18-36(3,4)53(35)57)43-29-47-30(44-26-19-37(5,6)54(58)38(7,8)20-26)50-33(49-29)61-62-34-51-31(45-27-21-39(9,10)55(59)40(11,12)22-27)48-32(52-34)46-28-23-41(13,14)56(60)42(15,16)24-28/h25-28H,17-24H2,1-16H3,(H2,43,44,47,49,50)(H2,45,46,48,51,52). The van der Waals surface area contributed by atoms with Crippen LogP contribution in [0, 0.1) is 0 Å². The minimum Gasteiger partial charge on any atom is -0.351 e. The SMILES string of the molecule is CC1(C)CC(Nc2nc(NC3CC(C)(C)N([O])C(C)(C)C3)nc(SSc3nc(NC4CC(C)(C)N([O])C(C)(C)C4)nc(NC4CC(C)(C)N([O])C(C)(C)C4)n3)n2)CC(C)(C)N1[O]. The fraction of sp³-hybridized carbons (Fsp3) is 0.857. The van der Waals surface area contributed by atoms with Crippen molar-refractivity contribution < 1.29 is 20.8 Å². The van der Waals surface area contributed by atoms with Crippen LogP contribution in [-0.2, 0) is 20.8 Å². The van der Waals surface area contributed by atoms with E-state index in [9.17, 15) is 20.8 Å². The second kappa shape index (κ2) is 16.8. The monoisotopic (exact) mass is 901 g/mol. The number of rotatable bonds is 11. The van der Waals surface area contributed by atoms with E-state index >= 15 is 0 Å². The van der Waals surface area contributed by atoms with E-state index in [4.69, 9.17) is 29.9 Å². The van der Waals surface area contributed by atoms with Gasteiger partial charge >= 0.3 is 0 Å². The van der Waals surface area contributed by atoms with Gasteiger partial charge in [-0.25, -0.2) is 0 Å². The summed E-state index contributed by atoms with van der Waals surface area (Å²) in [6.07, 6.45) is 4.75. The maximum absolute atomic E-state index is 13.2. The molecule has 0 atom stereocenters. The lowest BCUT2D eigenvalue weighted by Crippen LogP contribution is -2.61. The van der Waals surface area contributed by atoms with E-state index in [0.717, 1.165) is 0 Å². The summed E-state index contributed by atoms with van der Waals surface area (Å²) in [5.41, 5.74) is -4.81. The zero-order valence-corrected chi connectivity index (χ0v) is 41.5. The Morgan fingerprint density at radius 3 is 0.661 bits per heavy atom. The maximum atomic E-state index is 13.2. The zero-order chi connectivity index (χ0) is 46.2. The van der Waals surface area contributed by atoms with E-state index < -0.39 is 44.3 Å². The molecule has 4 fully saturated rings. The minimum absolute atomic E-state index is 0.0785. The molecule has 0 amide bonds. The van der Waals surface area contributed by atoms with Crippen molar-refractivity contribution in [3.63, 3.8) is 0 Å². The van der Waals surface area contributed by atoms with Crippen LogP contribution in [0.4, 0.5) is 23.8 Å². The first-order chi connectivity index (χ1) is 28.2. The lowest BCUT2D eigenvalue weighted by molar-refractivity contribution is -0.288. The third-order valence-corrected chi connectivity index (χ3v) is 15.0. The average molecular weight is 901 g/mol. The highest BCUT2D eigenvalue weighted by molar-refractivity contribution is 8.76. The molecule has 2 aromatic rings. The zero-order valence-electron chi connectivity index (χ0n) is 39.9. The first-order valence-electron chi connectivity index (χ1n) is 22.0. The topological polar surface area (TPSA) is 218 Å². The van der Waals surface area contributed by atoms with E-state index in [0.29, 0.717) is 85.5 Å². The second-order valence-electron chi connectivity index (χ2n) is 23.4. The third kappa shape index (κ3) is 10.8. The van der Waals surface area contributed by atoms with Crippen molar-refractivity contribution in [2.45, 2.75) is 241 Å². The van der Waals surface area contributed by atoms with E-state index in [2.05, 4.69) is 21.3 Å². The van der Waals surface area contributed by atoms with Gasteiger partial charge in [-0.3, -0.25) is 0 Å². The highest BCUT2D eigenvalue weighted by Gasteiger charge is 2.50. The number of nitrogens with zero attached hydrogens (tertiary/aromatic N) is 10. The van der Waals surface area contributed by atoms with Crippen LogP contribution >= 0.6 is 21.6 Å². The summed E-state index contributed by atoms with van der Waals surface area (Å²) >= 11 is 0. The smallest absolute Gasteiger partial charge is 0.228 e. The molecule has 20 heteroatoms.